The standard InChI is InChI=1S/C51H99NO5/c1-5-9-13-17-21-23-25-26-27-28-29-30-32-35-39-43-48(53)52(45-41-37-33-31-24-22-18-14-10-6-2)51(50(56)57,44-40-36-20-16-12-8-4)47(46-49(54)55)42-38-34-19-15-11-7-3/h47H,5-46H2,1-4H3,(H,54,55)(H,56,57)/t47?,51-/m0/s1. The van der Waals surface area contributed by atoms with E-state index in [4.69, 9.17) is 0 Å². The molecule has 0 aliphatic rings. The Balaban J connectivity index is 5.73. The van der Waals surface area contributed by atoms with Crippen LogP contribution in [0.3, 0.4) is 0 Å². The van der Waals surface area contributed by atoms with Gasteiger partial charge in [-0.25, -0.2) is 4.79 Å². The minimum absolute atomic E-state index is 0.0627. The topological polar surface area (TPSA) is 94.9 Å². The Labute approximate surface area is 355 Å². The molecule has 57 heavy (non-hydrogen) atoms. The molecule has 0 aliphatic carbocycles. The number of unbranched alkanes of at least 4 members (excludes halogenated alkanes) is 33. The number of carboxylic acid groups (broad SMARTS) is 2. The molecule has 6 nitrogen and oxygen atoms in total. The molecule has 0 saturated heterocycles. The number of carbonyl (C=O) groups excluding carboxylic acids is 1. The molecule has 0 aliphatic heterocycles. The van der Waals surface area contributed by atoms with Crippen LogP contribution >= 0.6 is 0 Å². The zero-order valence-electron chi connectivity index (χ0n) is 38.8. The third-order valence-electron chi connectivity index (χ3n) is 12.8. The molecule has 6 heteroatoms. The summed E-state index contributed by atoms with van der Waals surface area (Å²) >= 11 is 0. The lowest BCUT2D eigenvalue weighted by atomic mass is 9.73. The minimum atomic E-state index is -1.47. The SMILES string of the molecule is CCCCCCCCCCCCCCCCCC(=O)N(CCCCCCCCCCCC)[C@](CCCCCCCC)(C(=O)O)C(CCCCCCCC)CC(=O)O. The van der Waals surface area contributed by atoms with Crippen LogP contribution in [0.5, 0.6) is 0 Å². The molecule has 1 amide bonds. The summed E-state index contributed by atoms with van der Waals surface area (Å²) in [7, 11) is 0. The Morgan fingerprint density at radius 2 is 0.737 bits per heavy atom. The Morgan fingerprint density at radius 3 is 1.09 bits per heavy atom. The molecule has 338 valence electrons. The van der Waals surface area contributed by atoms with E-state index in [9.17, 15) is 24.6 Å². The Hall–Kier alpha value is -1.59. The van der Waals surface area contributed by atoms with Crippen LogP contribution in [-0.2, 0) is 14.4 Å². The van der Waals surface area contributed by atoms with Crippen molar-refractivity contribution < 1.29 is 24.6 Å². The van der Waals surface area contributed by atoms with Crippen LogP contribution in [0.15, 0.2) is 0 Å². The zero-order valence-corrected chi connectivity index (χ0v) is 38.8. The van der Waals surface area contributed by atoms with Gasteiger partial charge in [-0.2, -0.15) is 0 Å². The summed E-state index contributed by atoms with van der Waals surface area (Å²) in [5, 5.41) is 21.5. The predicted molar refractivity (Wildman–Crippen MR) is 245 cm³/mol. The number of nitrogens with zero attached hydrogens (tertiary/aromatic N) is 1. The fourth-order valence-electron chi connectivity index (χ4n) is 9.11. The molecule has 0 aromatic rings. The molecule has 0 saturated carbocycles. The third kappa shape index (κ3) is 30.1. The van der Waals surface area contributed by atoms with Gasteiger partial charge in [0.05, 0.1) is 6.42 Å². The van der Waals surface area contributed by atoms with Crippen molar-refractivity contribution in [2.45, 2.75) is 296 Å². The van der Waals surface area contributed by atoms with Crippen molar-refractivity contribution in [3.05, 3.63) is 0 Å². The molecule has 2 N–H and O–H groups in total. The van der Waals surface area contributed by atoms with Gasteiger partial charge in [-0.05, 0) is 25.7 Å². The highest BCUT2D eigenvalue weighted by Crippen LogP contribution is 2.39. The Morgan fingerprint density at radius 1 is 0.421 bits per heavy atom. The van der Waals surface area contributed by atoms with Crippen LogP contribution in [0.25, 0.3) is 0 Å². The summed E-state index contributed by atoms with van der Waals surface area (Å²) in [5.74, 6) is -2.59. The molecule has 0 bridgehead atoms. The number of carboxylic acids is 2. The normalized spacial score (nSPS) is 13.1. The quantitative estimate of drug-likeness (QED) is 0.0598. The fraction of sp³-hybridized carbons (Fsp3) is 0.941. The molecule has 0 aromatic carbocycles. The van der Waals surface area contributed by atoms with Crippen molar-refractivity contribution >= 4 is 17.8 Å². The smallest absolute Gasteiger partial charge is 0.329 e. The largest absolute Gasteiger partial charge is 0.481 e. The van der Waals surface area contributed by atoms with Crippen molar-refractivity contribution in [2.75, 3.05) is 6.54 Å². The number of aliphatic carboxylic acids is 2. The van der Waals surface area contributed by atoms with Crippen LogP contribution in [0, 0.1) is 5.92 Å². The second-order valence-corrected chi connectivity index (χ2v) is 18.0. The van der Waals surface area contributed by atoms with Crippen molar-refractivity contribution in [1.82, 2.24) is 4.90 Å². The monoisotopic (exact) mass is 806 g/mol. The van der Waals surface area contributed by atoms with E-state index in [-0.39, 0.29) is 12.3 Å². The fourth-order valence-corrected chi connectivity index (χ4v) is 9.11. The molecule has 0 rings (SSSR count). The van der Waals surface area contributed by atoms with Gasteiger partial charge >= 0.3 is 11.9 Å². The highest BCUT2D eigenvalue weighted by Gasteiger charge is 2.52. The van der Waals surface area contributed by atoms with E-state index in [1.54, 1.807) is 4.90 Å². The predicted octanol–water partition coefficient (Wildman–Crippen LogP) is 16.4. The summed E-state index contributed by atoms with van der Waals surface area (Å²) in [6, 6.07) is 0. The summed E-state index contributed by atoms with van der Waals surface area (Å²) in [5.41, 5.74) is -1.47. The first-order valence-electron chi connectivity index (χ1n) is 25.6. The van der Waals surface area contributed by atoms with Crippen LogP contribution < -0.4 is 0 Å². The number of hydrogen-bond donors (Lipinski definition) is 2. The summed E-state index contributed by atoms with van der Waals surface area (Å²) in [6.45, 7) is 9.34. The summed E-state index contributed by atoms with van der Waals surface area (Å²) < 4.78 is 0. The number of rotatable bonds is 46. The molecule has 0 aromatic heterocycles. The summed E-state index contributed by atoms with van der Waals surface area (Å²) in [4.78, 5) is 42.5. The van der Waals surface area contributed by atoms with E-state index >= 15 is 0 Å². The highest BCUT2D eigenvalue weighted by atomic mass is 16.4. The lowest BCUT2D eigenvalue weighted by Crippen LogP contribution is -2.62. The first-order valence-corrected chi connectivity index (χ1v) is 25.6. The second kappa shape index (κ2) is 41.2. The average Bonchev–Trinajstić information content (AvgIpc) is 3.19. The first-order chi connectivity index (χ1) is 27.8. The van der Waals surface area contributed by atoms with E-state index in [1.165, 1.54) is 135 Å². The molecular weight excluding hydrogens is 707 g/mol. The van der Waals surface area contributed by atoms with Crippen LogP contribution in [-0.4, -0.2) is 45.0 Å². The molecule has 0 fully saturated rings. The lowest BCUT2D eigenvalue weighted by Gasteiger charge is -2.46. The van der Waals surface area contributed by atoms with E-state index < -0.39 is 23.4 Å². The van der Waals surface area contributed by atoms with E-state index in [0.29, 0.717) is 32.2 Å². The average molecular weight is 806 g/mol. The van der Waals surface area contributed by atoms with Gasteiger partial charge in [0, 0.05) is 18.9 Å². The van der Waals surface area contributed by atoms with Crippen molar-refractivity contribution in [1.29, 1.82) is 0 Å². The number of amides is 1. The van der Waals surface area contributed by atoms with Gasteiger partial charge in [0.25, 0.3) is 0 Å². The minimum Gasteiger partial charge on any atom is -0.481 e. The second-order valence-electron chi connectivity index (χ2n) is 18.0. The van der Waals surface area contributed by atoms with Gasteiger partial charge in [-0.15, -0.1) is 0 Å². The highest BCUT2D eigenvalue weighted by molar-refractivity contribution is 5.88. The van der Waals surface area contributed by atoms with Gasteiger partial charge in [0.2, 0.25) is 5.91 Å². The van der Waals surface area contributed by atoms with Gasteiger partial charge in [-0.1, -0.05) is 252 Å². The van der Waals surface area contributed by atoms with Crippen LogP contribution in [0.2, 0.25) is 0 Å². The van der Waals surface area contributed by atoms with Gasteiger partial charge in [-0.3, -0.25) is 9.59 Å². The van der Waals surface area contributed by atoms with Gasteiger partial charge in [0.15, 0.2) is 0 Å². The van der Waals surface area contributed by atoms with Gasteiger partial charge < -0.3 is 15.1 Å². The molecule has 0 spiro atoms. The molecule has 2 atom stereocenters. The maximum atomic E-state index is 14.4. The maximum Gasteiger partial charge on any atom is 0.329 e. The molecule has 0 radical (unpaired) electrons. The molecule has 1 unspecified atom stereocenters. The van der Waals surface area contributed by atoms with E-state index in [2.05, 4.69) is 27.7 Å². The maximum absolute atomic E-state index is 14.4. The third-order valence-corrected chi connectivity index (χ3v) is 12.8. The lowest BCUT2D eigenvalue weighted by molar-refractivity contribution is -0.167. The zero-order chi connectivity index (χ0) is 42.1. The Bertz CT molecular complexity index is 908. The van der Waals surface area contributed by atoms with E-state index in [0.717, 1.165) is 96.3 Å². The van der Waals surface area contributed by atoms with Gasteiger partial charge in [0.1, 0.15) is 5.54 Å². The van der Waals surface area contributed by atoms with Crippen molar-refractivity contribution in [2.24, 2.45) is 5.92 Å². The molecule has 0 heterocycles. The van der Waals surface area contributed by atoms with Crippen LogP contribution in [0.1, 0.15) is 291 Å². The van der Waals surface area contributed by atoms with Crippen molar-refractivity contribution in [3.63, 3.8) is 0 Å². The molecular formula is C51H99NO5. The Kier molecular flexibility index (Phi) is 40.0. The van der Waals surface area contributed by atoms with Crippen LogP contribution in [0.4, 0.5) is 0 Å². The van der Waals surface area contributed by atoms with E-state index in [1.807, 2.05) is 0 Å². The number of carbonyl (C=O) groups is 3. The van der Waals surface area contributed by atoms with Crippen molar-refractivity contribution in [3.8, 4) is 0 Å². The number of hydrogen-bond acceptors (Lipinski definition) is 3. The first kappa shape index (κ1) is 55.4. The summed E-state index contributed by atoms with van der Waals surface area (Å²) in [6.07, 6.45) is 44.3.